The van der Waals surface area contributed by atoms with Crippen molar-refractivity contribution in [2.45, 2.75) is 6.92 Å². The van der Waals surface area contributed by atoms with Gasteiger partial charge in [-0.15, -0.1) is 16.1 Å². The summed E-state index contributed by atoms with van der Waals surface area (Å²) in [6.45, 7) is 2.21. The van der Waals surface area contributed by atoms with E-state index in [9.17, 15) is 4.79 Å². The molecule has 0 aliphatic rings. The lowest BCUT2D eigenvalue weighted by molar-refractivity contribution is 0.0689. The number of aromatic nitrogens is 2. The van der Waals surface area contributed by atoms with E-state index in [0.717, 1.165) is 0 Å². The monoisotopic (exact) mass is 191 g/mol. The number of carboxylic acids is 1. The first-order valence-electron chi connectivity index (χ1n) is 3.94. The van der Waals surface area contributed by atoms with E-state index in [0.29, 0.717) is 12.4 Å². The van der Waals surface area contributed by atoms with Crippen LogP contribution in [0.25, 0.3) is 0 Å². The maximum absolute atomic E-state index is 10.4. The molecule has 0 saturated carbocycles. The summed E-state index contributed by atoms with van der Waals surface area (Å²) >= 11 is 0. The molecule has 0 radical (unpaired) electrons. The molecule has 0 amide bonds. The number of nitrogens with one attached hydrogen (secondary N) is 1. The van der Waals surface area contributed by atoms with Crippen LogP contribution in [-0.4, -0.2) is 27.8 Å². The molecule has 14 heavy (non-hydrogen) atoms. The minimum atomic E-state index is -1.09. The Morgan fingerprint density at radius 3 is 2.86 bits per heavy atom. The van der Waals surface area contributed by atoms with E-state index in [-0.39, 0.29) is 5.69 Å². The van der Waals surface area contributed by atoms with Crippen molar-refractivity contribution in [3.63, 3.8) is 0 Å². The molecule has 0 bridgehead atoms. The van der Waals surface area contributed by atoms with E-state index in [2.05, 4.69) is 27.4 Å². The van der Waals surface area contributed by atoms with Gasteiger partial charge in [0.1, 0.15) is 5.82 Å². The highest BCUT2D eigenvalue weighted by Crippen LogP contribution is 2.00. The van der Waals surface area contributed by atoms with Crippen molar-refractivity contribution in [2.75, 3.05) is 11.9 Å². The zero-order valence-corrected chi connectivity index (χ0v) is 7.61. The molecule has 0 atom stereocenters. The molecule has 2 N–H and O–H groups in total. The van der Waals surface area contributed by atoms with Crippen LogP contribution in [0, 0.1) is 11.8 Å². The third-order valence-electron chi connectivity index (χ3n) is 1.42. The van der Waals surface area contributed by atoms with Crippen molar-refractivity contribution in [3.8, 4) is 11.8 Å². The summed E-state index contributed by atoms with van der Waals surface area (Å²) in [4.78, 5) is 10.4. The molecule has 1 aromatic heterocycles. The van der Waals surface area contributed by atoms with Crippen molar-refractivity contribution in [1.82, 2.24) is 10.2 Å². The number of carboxylic acid groups (broad SMARTS) is 1. The molecule has 0 aliphatic carbocycles. The van der Waals surface area contributed by atoms with E-state index in [1.54, 1.807) is 13.0 Å². The molecule has 1 aromatic rings. The Hall–Kier alpha value is -2.09. The normalized spacial score (nSPS) is 8.64. The Balaban J connectivity index is 2.62. The van der Waals surface area contributed by atoms with Crippen molar-refractivity contribution in [2.24, 2.45) is 0 Å². The highest BCUT2D eigenvalue weighted by atomic mass is 16.4. The van der Waals surface area contributed by atoms with Gasteiger partial charge in [-0.1, -0.05) is 5.92 Å². The molecule has 0 fully saturated rings. The SMILES string of the molecule is CC#CCNc1ccc(C(=O)O)nn1. The molecular formula is C9H9N3O2. The van der Waals surface area contributed by atoms with Crippen LogP contribution in [0.15, 0.2) is 12.1 Å². The Morgan fingerprint density at radius 2 is 2.36 bits per heavy atom. The first-order valence-corrected chi connectivity index (χ1v) is 3.94. The van der Waals surface area contributed by atoms with E-state index < -0.39 is 5.97 Å². The summed E-state index contributed by atoms with van der Waals surface area (Å²) in [6, 6.07) is 2.94. The predicted octanol–water partition coefficient (Wildman–Crippen LogP) is 0.610. The predicted molar refractivity (Wildman–Crippen MR) is 50.9 cm³/mol. The zero-order chi connectivity index (χ0) is 10.4. The maximum Gasteiger partial charge on any atom is 0.356 e. The first kappa shape index (κ1) is 9.99. The van der Waals surface area contributed by atoms with Crippen LogP contribution in [0.3, 0.4) is 0 Å². The quantitative estimate of drug-likeness (QED) is 0.684. The van der Waals surface area contributed by atoms with E-state index >= 15 is 0 Å². The number of nitrogens with zero attached hydrogens (tertiary/aromatic N) is 2. The van der Waals surface area contributed by atoms with E-state index in [1.165, 1.54) is 6.07 Å². The third-order valence-corrected chi connectivity index (χ3v) is 1.42. The van der Waals surface area contributed by atoms with Gasteiger partial charge in [0.05, 0.1) is 6.54 Å². The van der Waals surface area contributed by atoms with Gasteiger partial charge in [0.25, 0.3) is 0 Å². The molecule has 0 unspecified atom stereocenters. The van der Waals surface area contributed by atoms with Gasteiger partial charge in [0.2, 0.25) is 0 Å². The highest BCUT2D eigenvalue weighted by Gasteiger charge is 2.03. The van der Waals surface area contributed by atoms with Gasteiger partial charge in [0, 0.05) is 0 Å². The van der Waals surface area contributed by atoms with Crippen LogP contribution in [-0.2, 0) is 0 Å². The molecule has 5 heteroatoms. The number of anilines is 1. The average Bonchev–Trinajstić information content (AvgIpc) is 2.19. The minimum absolute atomic E-state index is 0.0721. The Kier molecular flexibility index (Phi) is 3.44. The first-order chi connectivity index (χ1) is 6.74. The maximum atomic E-state index is 10.4. The zero-order valence-electron chi connectivity index (χ0n) is 7.61. The molecular weight excluding hydrogens is 182 g/mol. The van der Waals surface area contributed by atoms with Crippen LogP contribution in [0.2, 0.25) is 0 Å². The largest absolute Gasteiger partial charge is 0.476 e. The number of hydrogen-bond acceptors (Lipinski definition) is 4. The summed E-state index contributed by atoms with van der Waals surface area (Å²) in [5.74, 6) is 4.93. The van der Waals surface area contributed by atoms with Crippen molar-refractivity contribution in [3.05, 3.63) is 17.8 Å². The van der Waals surface area contributed by atoms with Crippen LogP contribution < -0.4 is 5.32 Å². The Morgan fingerprint density at radius 1 is 1.57 bits per heavy atom. The Labute approximate surface area is 81.2 Å². The smallest absolute Gasteiger partial charge is 0.356 e. The fraction of sp³-hybridized carbons (Fsp3) is 0.222. The fourth-order valence-electron chi connectivity index (χ4n) is 0.764. The summed E-state index contributed by atoms with van der Waals surface area (Å²) in [7, 11) is 0. The molecule has 1 rings (SSSR count). The number of hydrogen-bond donors (Lipinski definition) is 2. The van der Waals surface area contributed by atoms with Gasteiger partial charge in [-0.2, -0.15) is 0 Å². The number of rotatable bonds is 3. The van der Waals surface area contributed by atoms with Gasteiger partial charge in [0.15, 0.2) is 5.69 Å². The van der Waals surface area contributed by atoms with Gasteiger partial charge < -0.3 is 10.4 Å². The van der Waals surface area contributed by atoms with Crippen LogP contribution in [0.4, 0.5) is 5.82 Å². The molecule has 0 spiro atoms. The van der Waals surface area contributed by atoms with Gasteiger partial charge >= 0.3 is 5.97 Å². The summed E-state index contributed by atoms with van der Waals surface area (Å²) in [6.07, 6.45) is 0. The summed E-state index contributed by atoms with van der Waals surface area (Å²) in [5, 5.41) is 18.6. The highest BCUT2D eigenvalue weighted by molar-refractivity contribution is 5.85. The minimum Gasteiger partial charge on any atom is -0.476 e. The molecule has 0 aromatic carbocycles. The van der Waals surface area contributed by atoms with Gasteiger partial charge in [-0.3, -0.25) is 0 Å². The van der Waals surface area contributed by atoms with Gasteiger partial charge in [-0.05, 0) is 19.1 Å². The lowest BCUT2D eigenvalue weighted by Gasteiger charge is -1.99. The molecule has 5 nitrogen and oxygen atoms in total. The van der Waals surface area contributed by atoms with Crippen LogP contribution >= 0.6 is 0 Å². The lowest BCUT2D eigenvalue weighted by Crippen LogP contribution is -2.06. The van der Waals surface area contributed by atoms with Crippen molar-refractivity contribution < 1.29 is 9.90 Å². The number of carbonyl (C=O) groups is 1. The van der Waals surface area contributed by atoms with Gasteiger partial charge in [-0.25, -0.2) is 4.79 Å². The standard InChI is InChI=1S/C9H9N3O2/c1-2-3-6-10-8-5-4-7(9(13)14)11-12-8/h4-5H,6H2,1H3,(H,10,12)(H,13,14). The van der Waals surface area contributed by atoms with E-state index in [1.807, 2.05) is 0 Å². The second-order valence-electron chi connectivity index (χ2n) is 2.39. The Bertz CT molecular complexity index is 375. The van der Waals surface area contributed by atoms with Crippen LogP contribution in [0.1, 0.15) is 17.4 Å². The second-order valence-corrected chi connectivity index (χ2v) is 2.39. The number of aromatic carboxylic acids is 1. The van der Waals surface area contributed by atoms with Crippen molar-refractivity contribution in [1.29, 1.82) is 0 Å². The third kappa shape index (κ3) is 2.75. The molecule has 0 saturated heterocycles. The topological polar surface area (TPSA) is 75.1 Å². The molecule has 0 aliphatic heterocycles. The second kappa shape index (κ2) is 4.82. The average molecular weight is 191 g/mol. The molecule has 72 valence electrons. The molecule has 1 heterocycles. The van der Waals surface area contributed by atoms with E-state index in [4.69, 9.17) is 5.11 Å². The summed E-state index contributed by atoms with van der Waals surface area (Å²) < 4.78 is 0. The van der Waals surface area contributed by atoms with Crippen LogP contribution in [0.5, 0.6) is 0 Å². The summed E-state index contributed by atoms with van der Waals surface area (Å²) in [5.41, 5.74) is -0.0721. The fourth-order valence-corrected chi connectivity index (χ4v) is 0.764. The van der Waals surface area contributed by atoms with Crippen molar-refractivity contribution >= 4 is 11.8 Å². The lowest BCUT2D eigenvalue weighted by atomic mass is 10.4.